The second-order valence-corrected chi connectivity index (χ2v) is 10.2. The Balaban J connectivity index is 1.56. The Labute approximate surface area is 225 Å². The highest BCUT2D eigenvalue weighted by atomic mass is 16.3. The molecular weight excluding hydrogens is 476 g/mol. The Morgan fingerprint density at radius 3 is 2.50 bits per heavy atom. The van der Waals surface area contributed by atoms with Crippen LogP contribution in [-0.2, 0) is 11.3 Å². The first-order chi connectivity index (χ1) is 18.4. The number of allylic oxidation sites excluding steroid dienone is 2. The Morgan fingerprint density at radius 2 is 1.84 bits per heavy atom. The highest BCUT2D eigenvalue weighted by Crippen LogP contribution is 2.28. The number of anilines is 1. The third-order valence-electron chi connectivity index (χ3n) is 7.04. The van der Waals surface area contributed by atoms with Crippen LogP contribution < -0.4 is 10.2 Å². The number of benzene rings is 2. The molecule has 1 atom stereocenters. The van der Waals surface area contributed by atoms with Gasteiger partial charge in [0.2, 0.25) is 0 Å². The maximum Gasteiger partial charge on any atom is 0.256 e. The molecule has 2 aliphatic rings. The topological polar surface area (TPSA) is 85.2 Å². The van der Waals surface area contributed by atoms with Gasteiger partial charge in [-0.2, -0.15) is 0 Å². The predicted molar refractivity (Wildman–Crippen MR) is 154 cm³/mol. The van der Waals surface area contributed by atoms with Crippen LogP contribution in [0.2, 0.25) is 0 Å². The van der Waals surface area contributed by atoms with E-state index in [1.165, 1.54) is 11.8 Å². The molecule has 1 unspecified atom stereocenters. The monoisotopic (exact) mass is 514 g/mol. The smallest absolute Gasteiger partial charge is 0.256 e. The molecule has 1 fully saturated rings. The molecule has 1 saturated heterocycles. The van der Waals surface area contributed by atoms with Gasteiger partial charge in [0.15, 0.2) is 0 Å². The van der Waals surface area contributed by atoms with Gasteiger partial charge in [0.25, 0.3) is 5.91 Å². The quantitative estimate of drug-likeness (QED) is 0.458. The lowest BCUT2D eigenvalue weighted by atomic mass is 9.99. The molecule has 0 bridgehead atoms. The SMILES string of the molecule is CCCN(Cc1cccc(-c2ccc(N3CCNCC3)cc2)c1)C(=O)C1=CC(C(C)C)=CC(O)C=C1N=O. The van der Waals surface area contributed by atoms with E-state index in [0.717, 1.165) is 54.9 Å². The molecule has 1 aliphatic carbocycles. The van der Waals surface area contributed by atoms with Gasteiger partial charge >= 0.3 is 0 Å². The minimum atomic E-state index is -0.962. The van der Waals surface area contributed by atoms with Crippen molar-refractivity contribution < 1.29 is 9.90 Å². The summed E-state index contributed by atoms with van der Waals surface area (Å²) in [6.07, 6.45) is 4.53. The van der Waals surface area contributed by atoms with E-state index in [9.17, 15) is 14.8 Å². The lowest BCUT2D eigenvalue weighted by Crippen LogP contribution is -2.43. The third kappa shape index (κ3) is 6.65. The van der Waals surface area contributed by atoms with Crippen molar-refractivity contribution in [3.8, 4) is 11.1 Å². The fourth-order valence-electron chi connectivity index (χ4n) is 4.95. The average molecular weight is 515 g/mol. The molecule has 0 saturated carbocycles. The van der Waals surface area contributed by atoms with Gasteiger partial charge in [0.05, 0.1) is 11.7 Å². The zero-order valence-corrected chi connectivity index (χ0v) is 22.6. The van der Waals surface area contributed by atoms with Gasteiger partial charge < -0.3 is 20.2 Å². The third-order valence-corrected chi connectivity index (χ3v) is 7.04. The lowest BCUT2D eigenvalue weighted by Gasteiger charge is -2.29. The standard InChI is InChI=1S/C31H38N4O3/c1-4-14-35(31(37)29-19-26(22(2)3)18-28(36)20-30(29)33-38)21-23-6-5-7-25(17-23)24-8-10-27(11-9-24)34-15-12-32-13-16-34/h5-11,17-20,22,28,32,36H,4,12-16,21H2,1-3H3. The summed E-state index contributed by atoms with van der Waals surface area (Å²) in [7, 11) is 0. The fraction of sp³-hybridized carbons (Fsp3) is 0.387. The summed E-state index contributed by atoms with van der Waals surface area (Å²) in [6, 6.07) is 16.9. The molecular formula is C31H38N4O3. The zero-order valence-electron chi connectivity index (χ0n) is 22.6. The summed E-state index contributed by atoms with van der Waals surface area (Å²) in [6.45, 7) is 11.0. The van der Waals surface area contributed by atoms with Gasteiger partial charge in [-0.3, -0.25) is 4.79 Å². The van der Waals surface area contributed by atoms with Crippen molar-refractivity contribution in [2.75, 3.05) is 37.6 Å². The van der Waals surface area contributed by atoms with E-state index < -0.39 is 6.10 Å². The molecule has 7 nitrogen and oxygen atoms in total. The van der Waals surface area contributed by atoms with E-state index in [0.29, 0.717) is 13.1 Å². The van der Waals surface area contributed by atoms with Crippen molar-refractivity contribution in [3.63, 3.8) is 0 Å². The van der Waals surface area contributed by atoms with Crippen LogP contribution >= 0.6 is 0 Å². The molecule has 0 radical (unpaired) electrons. The number of carbonyl (C=O) groups excluding carboxylic acids is 1. The molecule has 0 spiro atoms. The molecule has 4 rings (SSSR count). The van der Waals surface area contributed by atoms with Crippen LogP contribution in [0.4, 0.5) is 5.69 Å². The van der Waals surface area contributed by atoms with E-state index >= 15 is 0 Å². The van der Waals surface area contributed by atoms with Crippen molar-refractivity contribution in [1.82, 2.24) is 10.2 Å². The molecule has 1 aliphatic heterocycles. The van der Waals surface area contributed by atoms with Crippen molar-refractivity contribution in [3.05, 3.63) is 94.1 Å². The van der Waals surface area contributed by atoms with Gasteiger partial charge in [0, 0.05) is 45.0 Å². The number of hydrogen-bond acceptors (Lipinski definition) is 6. The minimum absolute atomic E-state index is 0.0196. The van der Waals surface area contributed by atoms with E-state index in [1.54, 1.807) is 17.1 Å². The number of nitroso groups, excluding NO2 is 1. The number of piperazine rings is 1. The number of nitrogens with zero attached hydrogens (tertiary/aromatic N) is 3. The Hall–Kier alpha value is -3.55. The molecule has 2 aromatic carbocycles. The van der Waals surface area contributed by atoms with Crippen LogP contribution in [0.1, 0.15) is 32.8 Å². The fourth-order valence-corrected chi connectivity index (χ4v) is 4.95. The van der Waals surface area contributed by atoms with Crippen molar-refractivity contribution >= 4 is 11.6 Å². The van der Waals surface area contributed by atoms with Gasteiger partial charge in [-0.15, -0.1) is 4.91 Å². The van der Waals surface area contributed by atoms with Crippen molar-refractivity contribution in [2.45, 2.75) is 39.8 Å². The molecule has 2 aromatic rings. The van der Waals surface area contributed by atoms with Crippen LogP contribution in [-0.4, -0.2) is 54.7 Å². The first kappa shape index (κ1) is 27.5. The second kappa shape index (κ2) is 12.8. The van der Waals surface area contributed by atoms with Crippen LogP contribution in [0.15, 0.2) is 88.8 Å². The summed E-state index contributed by atoms with van der Waals surface area (Å²) in [5, 5.41) is 16.8. The number of nitrogens with one attached hydrogen (secondary N) is 1. The van der Waals surface area contributed by atoms with E-state index in [2.05, 4.69) is 51.8 Å². The Morgan fingerprint density at radius 1 is 1.11 bits per heavy atom. The molecule has 2 N–H and O–H groups in total. The van der Waals surface area contributed by atoms with Crippen LogP contribution in [0.25, 0.3) is 11.1 Å². The number of amides is 1. The van der Waals surface area contributed by atoms with Gasteiger partial charge in [-0.1, -0.05) is 51.1 Å². The van der Waals surface area contributed by atoms with Gasteiger partial charge in [-0.25, -0.2) is 0 Å². The summed E-state index contributed by atoms with van der Waals surface area (Å²) < 4.78 is 0. The molecule has 38 heavy (non-hydrogen) atoms. The predicted octanol–water partition coefficient (Wildman–Crippen LogP) is 5.04. The second-order valence-electron chi connectivity index (χ2n) is 10.2. The van der Waals surface area contributed by atoms with E-state index in [-0.39, 0.29) is 23.1 Å². The number of rotatable bonds is 9. The molecule has 0 aromatic heterocycles. The van der Waals surface area contributed by atoms with Crippen molar-refractivity contribution in [2.24, 2.45) is 11.1 Å². The van der Waals surface area contributed by atoms with Crippen LogP contribution in [0.5, 0.6) is 0 Å². The summed E-state index contributed by atoms with van der Waals surface area (Å²) in [5.41, 5.74) is 5.47. The molecule has 7 heteroatoms. The number of aliphatic hydroxyl groups excluding tert-OH is 1. The lowest BCUT2D eigenvalue weighted by molar-refractivity contribution is -0.127. The Kier molecular flexibility index (Phi) is 9.26. The summed E-state index contributed by atoms with van der Waals surface area (Å²) in [5.74, 6) is -0.176. The minimum Gasteiger partial charge on any atom is -0.385 e. The summed E-state index contributed by atoms with van der Waals surface area (Å²) in [4.78, 5) is 29.5. The van der Waals surface area contributed by atoms with E-state index in [4.69, 9.17) is 0 Å². The first-order valence-electron chi connectivity index (χ1n) is 13.5. The average Bonchev–Trinajstić information content (AvgIpc) is 3.12. The number of aliphatic hydroxyl groups is 1. The zero-order chi connectivity index (χ0) is 27.1. The maximum atomic E-state index is 13.7. The highest BCUT2D eigenvalue weighted by molar-refractivity contribution is 5.98. The van der Waals surface area contributed by atoms with Crippen LogP contribution in [0, 0.1) is 10.8 Å². The molecule has 1 amide bonds. The van der Waals surface area contributed by atoms with Gasteiger partial charge in [0.1, 0.15) is 5.70 Å². The number of hydrogen-bond donors (Lipinski definition) is 2. The molecule has 200 valence electrons. The highest BCUT2D eigenvalue weighted by Gasteiger charge is 2.25. The molecule has 1 heterocycles. The van der Waals surface area contributed by atoms with E-state index in [1.807, 2.05) is 32.9 Å². The normalized spacial score (nSPS) is 17.9. The first-order valence-corrected chi connectivity index (χ1v) is 13.5. The number of carbonyl (C=O) groups is 1. The van der Waals surface area contributed by atoms with Crippen LogP contribution in [0.3, 0.4) is 0 Å². The maximum absolute atomic E-state index is 13.7. The van der Waals surface area contributed by atoms with Crippen molar-refractivity contribution in [1.29, 1.82) is 0 Å². The summed E-state index contributed by atoms with van der Waals surface area (Å²) >= 11 is 0. The largest absolute Gasteiger partial charge is 0.385 e. The van der Waals surface area contributed by atoms with Gasteiger partial charge in [-0.05, 0) is 76.2 Å². The Bertz CT molecular complexity index is 1220.